The van der Waals surface area contributed by atoms with E-state index >= 15 is 0 Å². The Morgan fingerprint density at radius 2 is 2.10 bits per heavy atom. The zero-order chi connectivity index (χ0) is 21.3. The predicted molar refractivity (Wildman–Crippen MR) is 102 cm³/mol. The summed E-state index contributed by atoms with van der Waals surface area (Å²) in [6.45, 7) is -0.408. The number of phosphoric acid groups is 1. The summed E-state index contributed by atoms with van der Waals surface area (Å²) in [6.07, 6.45) is 1.76. The van der Waals surface area contributed by atoms with Gasteiger partial charge >= 0.3 is 29.6 Å². The number of nitrogens with zero attached hydrogens (tertiary/aromatic N) is 4. The molecule has 3 aromatic rings. The van der Waals surface area contributed by atoms with E-state index in [2.05, 4.69) is 24.8 Å². The van der Waals surface area contributed by atoms with Crippen LogP contribution in [0.3, 0.4) is 0 Å². The number of hydrogen-bond acceptors (Lipinski definition) is 9. The summed E-state index contributed by atoms with van der Waals surface area (Å²) in [5, 5.41) is 2.71. The molecule has 1 amide bonds. The maximum atomic E-state index is 12.4. The molecule has 0 radical (unpaired) electrons. The van der Waals surface area contributed by atoms with Gasteiger partial charge in [0.05, 0.1) is 19.0 Å². The number of nitrogens with one attached hydrogen (secondary N) is 1. The van der Waals surface area contributed by atoms with E-state index < -0.39 is 32.8 Å². The van der Waals surface area contributed by atoms with Crippen LogP contribution in [0.5, 0.6) is 0 Å². The second kappa shape index (κ2) is 9.82. The van der Waals surface area contributed by atoms with Crippen molar-refractivity contribution in [3.05, 3.63) is 48.5 Å². The van der Waals surface area contributed by atoms with Gasteiger partial charge < -0.3 is 30.1 Å². The van der Waals surface area contributed by atoms with Crippen LogP contribution in [0.2, 0.25) is 0 Å². The normalized spacial score (nSPS) is 22.6. The minimum atomic E-state index is -4.87. The fourth-order valence-electron chi connectivity index (χ4n) is 3.18. The van der Waals surface area contributed by atoms with Crippen LogP contribution in [0.1, 0.15) is 23.0 Å². The first kappa shape index (κ1) is 23.9. The van der Waals surface area contributed by atoms with Gasteiger partial charge in [-0.25, -0.2) is 15.0 Å². The van der Waals surface area contributed by atoms with E-state index in [1.165, 1.54) is 12.7 Å². The number of anilines is 1. The number of phosphoric ester groups is 1. The minimum absolute atomic E-state index is 0. The molecule has 158 valence electrons. The van der Waals surface area contributed by atoms with Crippen molar-refractivity contribution in [3.8, 4) is 0 Å². The second-order valence-corrected chi connectivity index (χ2v) is 7.85. The Hall–Kier alpha value is -1.73. The van der Waals surface area contributed by atoms with Gasteiger partial charge in [-0.15, -0.1) is 0 Å². The van der Waals surface area contributed by atoms with Crippen molar-refractivity contribution >= 4 is 30.7 Å². The van der Waals surface area contributed by atoms with Crippen LogP contribution < -0.4 is 45.5 Å². The number of hydrogen-bond donors (Lipinski definition) is 3. The third kappa shape index (κ3) is 5.55. The Morgan fingerprint density at radius 1 is 1.35 bits per heavy atom. The molecule has 3 heterocycles. The van der Waals surface area contributed by atoms with Crippen molar-refractivity contribution in [2.75, 3.05) is 11.9 Å². The summed E-state index contributed by atoms with van der Waals surface area (Å²) in [5.41, 5.74) is 7.24. The topological polar surface area (TPSA) is 178 Å². The van der Waals surface area contributed by atoms with Crippen LogP contribution in [-0.4, -0.2) is 49.1 Å². The van der Waals surface area contributed by atoms with E-state index in [4.69, 9.17) is 15.4 Å². The standard InChI is InChI=1S/C17H19N6O6P.Na/c18-11-6-13(29-12(11)7-28-30(25,26)27)23-9-21-14-15(19-8-20-16(14)23)22-17(24)10-4-2-1-3-5-10;/h1-5,8-9,11-13H,6-7,18H2,(H2,25,26,27)(H,19,20,22,24);/q;+1/p-1/t11-,12+,13+;/m0./s1. The molecule has 1 saturated heterocycles. The first-order chi connectivity index (χ1) is 14.3. The van der Waals surface area contributed by atoms with Gasteiger partial charge in [0.15, 0.2) is 17.0 Å². The van der Waals surface area contributed by atoms with Crippen LogP contribution in [-0.2, 0) is 13.8 Å². The van der Waals surface area contributed by atoms with Gasteiger partial charge in [-0.05, 0) is 12.1 Å². The first-order valence-corrected chi connectivity index (χ1v) is 10.4. The summed E-state index contributed by atoms with van der Waals surface area (Å²) >= 11 is 0. The molecule has 0 bridgehead atoms. The summed E-state index contributed by atoms with van der Waals surface area (Å²) in [6, 6.07) is 8.14. The van der Waals surface area contributed by atoms with E-state index in [0.29, 0.717) is 23.1 Å². The Kier molecular flexibility index (Phi) is 7.58. The first-order valence-electron chi connectivity index (χ1n) is 8.95. The van der Waals surface area contributed by atoms with Crippen molar-refractivity contribution in [3.63, 3.8) is 0 Å². The van der Waals surface area contributed by atoms with Gasteiger partial charge in [0.25, 0.3) is 13.7 Å². The Labute approximate surface area is 198 Å². The van der Waals surface area contributed by atoms with E-state index in [1.807, 2.05) is 6.07 Å². The van der Waals surface area contributed by atoms with Crippen molar-refractivity contribution < 1.29 is 58.0 Å². The van der Waals surface area contributed by atoms with E-state index in [-0.39, 0.29) is 41.3 Å². The molecule has 1 fully saturated rings. The molecule has 12 nitrogen and oxygen atoms in total. The van der Waals surface area contributed by atoms with Crippen LogP contribution in [0.15, 0.2) is 43.0 Å². The molecule has 4 rings (SSSR count). The Balaban J connectivity index is 0.00000272. The van der Waals surface area contributed by atoms with Gasteiger partial charge in [-0.2, -0.15) is 0 Å². The third-order valence-corrected chi connectivity index (χ3v) is 5.10. The van der Waals surface area contributed by atoms with Crippen molar-refractivity contribution in [1.82, 2.24) is 19.5 Å². The quantitative estimate of drug-likeness (QED) is 0.259. The predicted octanol–water partition coefficient (Wildman–Crippen LogP) is -2.83. The summed E-state index contributed by atoms with van der Waals surface area (Å²) in [4.78, 5) is 44.6. The number of ether oxygens (including phenoxy) is 1. The van der Waals surface area contributed by atoms with Crippen molar-refractivity contribution in [2.45, 2.75) is 24.8 Å². The molecule has 1 aliphatic heterocycles. The monoisotopic (exact) mass is 456 g/mol. The van der Waals surface area contributed by atoms with Crippen LogP contribution >= 0.6 is 7.82 Å². The number of carbonyl (C=O) groups is 1. The molecular weight excluding hydrogens is 438 g/mol. The molecule has 1 unspecified atom stereocenters. The van der Waals surface area contributed by atoms with Gasteiger partial charge in [-0.3, -0.25) is 13.9 Å². The number of nitrogens with two attached hydrogens (primary N) is 1. The number of carbonyl (C=O) groups excluding carboxylic acids is 1. The number of fused-ring (bicyclic) bond motifs is 1. The summed E-state index contributed by atoms with van der Waals surface area (Å²) < 4.78 is 22.6. The van der Waals surface area contributed by atoms with Crippen LogP contribution in [0.25, 0.3) is 11.2 Å². The third-order valence-electron chi connectivity index (χ3n) is 4.62. The van der Waals surface area contributed by atoms with E-state index in [0.717, 1.165) is 0 Å². The molecule has 1 aromatic carbocycles. The molecule has 0 spiro atoms. The van der Waals surface area contributed by atoms with Crippen LogP contribution in [0.4, 0.5) is 5.82 Å². The average Bonchev–Trinajstić information content (AvgIpc) is 3.30. The van der Waals surface area contributed by atoms with Gasteiger partial charge in [-0.1, -0.05) is 18.2 Å². The molecule has 31 heavy (non-hydrogen) atoms. The largest absolute Gasteiger partial charge is 1.00 e. The molecule has 0 aliphatic carbocycles. The van der Waals surface area contributed by atoms with E-state index in [1.54, 1.807) is 28.8 Å². The molecule has 0 saturated carbocycles. The average molecular weight is 456 g/mol. The number of rotatable bonds is 6. The maximum Gasteiger partial charge on any atom is 1.00 e. The second-order valence-electron chi connectivity index (χ2n) is 6.66. The smallest absolute Gasteiger partial charge is 0.756 e. The van der Waals surface area contributed by atoms with Gasteiger partial charge in [0, 0.05) is 18.0 Å². The zero-order valence-corrected chi connectivity index (χ0v) is 19.4. The maximum absolute atomic E-state index is 12.4. The molecule has 4 N–H and O–H groups in total. The molecular formula is C17H18N6NaO6P. The summed E-state index contributed by atoms with van der Waals surface area (Å²) in [5.74, 6) is -0.102. The molecule has 14 heteroatoms. The Bertz CT molecular complexity index is 1110. The zero-order valence-electron chi connectivity index (χ0n) is 16.5. The van der Waals surface area contributed by atoms with Crippen molar-refractivity contribution in [1.29, 1.82) is 0 Å². The number of aromatic nitrogens is 4. The Morgan fingerprint density at radius 3 is 2.81 bits per heavy atom. The fourth-order valence-corrected chi connectivity index (χ4v) is 3.51. The van der Waals surface area contributed by atoms with Crippen molar-refractivity contribution in [2.24, 2.45) is 5.73 Å². The van der Waals surface area contributed by atoms with Crippen LogP contribution in [0, 0.1) is 0 Å². The summed E-state index contributed by atoms with van der Waals surface area (Å²) in [7, 11) is -4.87. The molecule has 2 aromatic heterocycles. The van der Waals surface area contributed by atoms with Gasteiger partial charge in [0.1, 0.15) is 12.6 Å². The number of imidazole rings is 1. The number of benzene rings is 1. The van der Waals surface area contributed by atoms with E-state index in [9.17, 15) is 14.3 Å². The molecule has 1 aliphatic rings. The SMILES string of the molecule is N[C@H]1C[C@H](n2cnc3c(NC(=O)c4ccccc4)ncnc32)O[C@@H]1COP(=O)([O-])O.[Na+]. The van der Waals surface area contributed by atoms with Gasteiger partial charge in [0.2, 0.25) is 0 Å². The fraction of sp³-hybridized carbons (Fsp3) is 0.294. The minimum Gasteiger partial charge on any atom is -0.756 e. The molecule has 4 atom stereocenters. The number of amides is 1.